The molecule has 0 N–H and O–H groups in total. The van der Waals surface area contributed by atoms with E-state index in [0.717, 1.165) is 37.2 Å². The van der Waals surface area contributed by atoms with E-state index in [0.29, 0.717) is 0 Å². The molecule has 1 aromatic heterocycles. The molecule has 0 amide bonds. The van der Waals surface area contributed by atoms with Gasteiger partial charge in [-0.05, 0) is 32.9 Å². The van der Waals surface area contributed by atoms with Crippen LogP contribution in [-0.2, 0) is 13.1 Å². The summed E-state index contributed by atoms with van der Waals surface area (Å²) < 4.78 is 2.10. The van der Waals surface area contributed by atoms with Crippen LogP contribution in [0.2, 0.25) is 0 Å². The fraction of sp³-hybridized carbons (Fsp3) is 0.750. The molecule has 0 aromatic carbocycles. The average Bonchev–Trinajstić information content (AvgIpc) is 2.59. The van der Waals surface area contributed by atoms with E-state index in [9.17, 15) is 0 Å². The number of aryl methyl sites for hydroxylation is 2. The monoisotopic (exact) mass is 287 g/mol. The lowest BCUT2D eigenvalue weighted by molar-refractivity contribution is 0.274. The van der Waals surface area contributed by atoms with Crippen LogP contribution in [0.1, 0.15) is 31.7 Å². The zero-order valence-electron chi connectivity index (χ0n) is 10.5. The Morgan fingerprint density at radius 1 is 1.38 bits per heavy atom. The van der Waals surface area contributed by atoms with Crippen molar-refractivity contribution in [3.05, 3.63) is 17.5 Å². The molecule has 92 valence electrons. The highest BCUT2D eigenvalue weighted by Crippen LogP contribution is 2.08. The molecule has 0 saturated heterocycles. The van der Waals surface area contributed by atoms with Crippen LogP contribution in [0.25, 0.3) is 0 Å². The van der Waals surface area contributed by atoms with E-state index in [-0.39, 0.29) is 0 Å². The number of alkyl halides is 1. The first-order chi connectivity index (χ1) is 7.71. The van der Waals surface area contributed by atoms with Gasteiger partial charge in [0.2, 0.25) is 0 Å². The Morgan fingerprint density at radius 3 is 2.69 bits per heavy atom. The zero-order valence-corrected chi connectivity index (χ0v) is 12.1. The summed E-state index contributed by atoms with van der Waals surface area (Å²) in [6.45, 7) is 10.6. The van der Waals surface area contributed by atoms with Crippen LogP contribution in [0.5, 0.6) is 0 Å². The predicted molar refractivity (Wildman–Crippen MR) is 72.0 cm³/mol. The number of nitrogens with zero attached hydrogens (tertiary/aromatic N) is 3. The molecular weight excluding hydrogens is 266 g/mol. The van der Waals surface area contributed by atoms with Crippen molar-refractivity contribution in [3.8, 4) is 0 Å². The maximum absolute atomic E-state index is 4.48. The first-order valence-electron chi connectivity index (χ1n) is 6.02. The molecule has 0 aliphatic carbocycles. The van der Waals surface area contributed by atoms with Crippen LogP contribution < -0.4 is 0 Å². The van der Waals surface area contributed by atoms with Gasteiger partial charge in [0.1, 0.15) is 0 Å². The summed E-state index contributed by atoms with van der Waals surface area (Å²) in [4.78, 5) is 2.47. The van der Waals surface area contributed by atoms with Gasteiger partial charge in [0.05, 0.1) is 11.4 Å². The second-order valence-electron chi connectivity index (χ2n) is 4.06. The van der Waals surface area contributed by atoms with Crippen molar-refractivity contribution in [3.63, 3.8) is 0 Å². The maximum atomic E-state index is 4.48. The molecule has 0 bridgehead atoms. The van der Waals surface area contributed by atoms with Crippen molar-refractivity contribution in [1.82, 2.24) is 14.7 Å². The molecule has 1 aromatic rings. The minimum absolute atomic E-state index is 0.956. The van der Waals surface area contributed by atoms with Crippen molar-refractivity contribution in [2.24, 2.45) is 0 Å². The van der Waals surface area contributed by atoms with Gasteiger partial charge in [-0.2, -0.15) is 5.10 Å². The maximum Gasteiger partial charge on any atom is 0.0597 e. The molecule has 0 atom stereocenters. The third-order valence-corrected chi connectivity index (χ3v) is 2.97. The number of hydrogen-bond donors (Lipinski definition) is 0. The second kappa shape index (κ2) is 7.07. The van der Waals surface area contributed by atoms with Gasteiger partial charge >= 0.3 is 0 Å². The van der Waals surface area contributed by atoms with Gasteiger partial charge in [-0.25, -0.2) is 0 Å². The van der Waals surface area contributed by atoms with Crippen LogP contribution in [0, 0.1) is 6.92 Å². The van der Waals surface area contributed by atoms with E-state index in [1.165, 1.54) is 12.1 Å². The summed E-state index contributed by atoms with van der Waals surface area (Å²) in [6.07, 6.45) is 1.20. The fourth-order valence-electron chi connectivity index (χ4n) is 1.93. The fourth-order valence-corrected chi connectivity index (χ4v) is 2.44. The standard InChI is InChI=1S/C12H22BrN3/c1-4-7-15(8-6-13)10-12-9-11(3)14-16(12)5-2/h9H,4-8,10H2,1-3H3. The Bertz CT molecular complexity index is 303. The average molecular weight is 288 g/mol. The Kier molecular flexibility index (Phi) is 6.06. The Labute approximate surface area is 107 Å². The van der Waals surface area contributed by atoms with Crippen molar-refractivity contribution < 1.29 is 0 Å². The third kappa shape index (κ3) is 3.91. The van der Waals surface area contributed by atoms with E-state index in [1.54, 1.807) is 0 Å². The molecule has 0 aliphatic heterocycles. The van der Waals surface area contributed by atoms with Gasteiger partial charge in [0.15, 0.2) is 0 Å². The molecule has 3 nitrogen and oxygen atoms in total. The summed E-state index contributed by atoms with van der Waals surface area (Å²) in [5.74, 6) is 0. The van der Waals surface area contributed by atoms with Crippen LogP contribution in [0.4, 0.5) is 0 Å². The van der Waals surface area contributed by atoms with Crippen LogP contribution in [0.15, 0.2) is 6.07 Å². The molecular formula is C12H22BrN3. The predicted octanol–water partition coefficient (Wildman–Crippen LogP) is 2.82. The molecule has 16 heavy (non-hydrogen) atoms. The minimum atomic E-state index is 0.956. The molecule has 1 rings (SSSR count). The minimum Gasteiger partial charge on any atom is -0.297 e. The largest absolute Gasteiger partial charge is 0.297 e. The third-order valence-electron chi connectivity index (χ3n) is 2.61. The first kappa shape index (κ1) is 13.7. The van der Waals surface area contributed by atoms with Crippen molar-refractivity contribution in [2.45, 2.75) is 40.3 Å². The van der Waals surface area contributed by atoms with E-state index >= 15 is 0 Å². The van der Waals surface area contributed by atoms with Crippen molar-refractivity contribution in [2.75, 3.05) is 18.4 Å². The lowest BCUT2D eigenvalue weighted by atomic mass is 10.3. The molecule has 0 radical (unpaired) electrons. The lowest BCUT2D eigenvalue weighted by Gasteiger charge is -2.20. The van der Waals surface area contributed by atoms with Gasteiger partial charge in [-0.1, -0.05) is 22.9 Å². The summed E-state index contributed by atoms with van der Waals surface area (Å²) in [6, 6.07) is 2.19. The topological polar surface area (TPSA) is 21.1 Å². The SMILES string of the molecule is CCCN(CCBr)Cc1cc(C)nn1CC. The zero-order chi connectivity index (χ0) is 12.0. The van der Waals surface area contributed by atoms with Crippen LogP contribution in [0.3, 0.4) is 0 Å². The number of halogens is 1. The highest BCUT2D eigenvalue weighted by molar-refractivity contribution is 9.09. The van der Waals surface area contributed by atoms with Gasteiger partial charge in [0.25, 0.3) is 0 Å². The number of rotatable bonds is 7. The molecule has 4 heteroatoms. The first-order valence-corrected chi connectivity index (χ1v) is 7.15. The van der Waals surface area contributed by atoms with E-state index < -0.39 is 0 Å². The van der Waals surface area contributed by atoms with Gasteiger partial charge in [-0.15, -0.1) is 0 Å². The molecule has 0 aliphatic rings. The Hall–Kier alpha value is -0.350. The smallest absolute Gasteiger partial charge is 0.0597 e. The summed E-state index contributed by atoms with van der Waals surface area (Å²) in [5.41, 5.74) is 2.45. The molecule has 0 fully saturated rings. The molecule has 0 saturated carbocycles. The van der Waals surface area contributed by atoms with Crippen LogP contribution >= 0.6 is 15.9 Å². The number of aromatic nitrogens is 2. The van der Waals surface area contributed by atoms with Crippen molar-refractivity contribution in [1.29, 1.82) is 0 Å². The lowest BCUT2D eigenvalue weighted by Crippen LogP contribution is -2.27. The van der Waals surface area contributed by atoms with E-state index in [1.807, 2.05) is 0 Å². The van der Waals surface area contributed by atoms with Gasteiger partial charge in [0, 0.05) is 25.0 Å². The number of hydrogen-bond acceptors (Lipinski definition) is 2. The summed E-state index contributed by atoms with van der Waals surface area (Å²) in [5, 5.41) is 5.51. The molecule has 0 spiro atoms. The Balaban J connectivity index is 2.67. The van der Waals surface area contributed by atoms with Crippen LogP contribution in [-0.4, -0.2) is 33.1 Å². The van der Waals surface area contributed by atoms with Gasteiger partial charge in [-0.3, -0.25) is 9.58 Å². The molecule has 1 heterocycles. The van der Waals surface area contributed by atoms with Gasteiger partial charge < -0.3 is 0 Å². The van der Waals surface area contributed by atoms with Crippen molar-refractivity contribution >= 4 is 15.9 Å². The highest BCUT2D eigenvalue weighted by atomic mass is 79.9. The van der Waals surface area contributed by atoms with E-state index in [2.05, 4.69) is 57.4 Å². The quantitative estimate of drug-likeness (QED) is 0.719. The highest BCUT2D eigenvalue weighted by Gasteiger charge is 2.09. The Morgan fingerprint density at radius 2 is 2.12 bits per heavy atom. The van der Waals surface area contributed by atoms with E-state index in [4.69, 9.17) is 0 Å². The normalized spacial score (nSPS) is 11.3. The second-order valence-corrected chi connectivity index (χ2v) is 4.85. The summed E-state index contributed by atoms with van der Waals surface area (Å²) >= 11 is 3.51. The summed E-state index contributed by atoms with van der Waals surface area (Å²) in [7, 11) is 0. The molecule has 0 unspecified atom stereocenters.